The van der Waals surface area contributed by atoms with Gasteiger partial charge in [-0.25, -0.2) is 4.79 Å². The van der Waals surface area contributed by atoms with Crippen molar-refractivity contribution in [2.45, 2.75) is 64.0 Å². The molecule has 6 nitrogen and oxygen atoms in total. The number of carbonyl (C=O) groups is 3. The number of aliphatic carboxylic acids is 1. The van der Waals surface area contributed by atoms with Crippen LogP contribution in [0.25, 0.3) is 0 Å². The summed E-state index contributed by atoms with van der Waals surface area (Å²) in [7, 11) is 0. The van der Waals surface area contributed by atoms with Gasteiger partial charge in [0.1, 0.15) is 5.00 Å². The van der Waals surface area contributed by atoms with Crippen LogP contribution in [-0.4, -0.2) is 35.3 Å². The Balaban J connectivity index is 1.80. The molecule has 2 aliphatic rings. The Labute approximate surface area is 173 Å². The van der Waals surface area contributed by atoms with E-state index in [-0.39, 0.29) is 31.3 Å². The SMILES string of the molecule is CCOC(=O)c1c(NC(=O)CC2(CC(=O)O)CCCCC2)sc2c1CCSC2. The van der Waals surface area contributed by atoms with E-state index in [1.54, 1.807) is 6.92 Å². The minimum absolute atomic E-state index is 0.0166. The smallest absolute Gasteiger partial charge is 0.341 e. The van der Waals surface area contributed by atoms with E-state index in [2.05, 4.69) is 5.32 Å². The minimum Gasteiger partial charge on any atom is -0.481 e. The van der Waals surface area contributed by atoms with Crippen LogP contribution < -0.4 is 5.32 Å². The molecule has 1 fully saturated rings. The molecule has 0 unspecified atom stereocenters. The third-order valence-corrected chi connectivity index (χ3v) is 7.84. The molecule has 0 spiro atoms. The van der Waals surface area contributed by atoms with Crippen molar-refractivity contribution in [3.05, 3.63) is 16.0 Å². The number of anilines is 1. The van der Waals surface area contributed by atoms with Gasteiger partial charge in [0.2, 0.25) is 5.91 Å². The van der Waals surface area contributed by atoms with E-state index in [1.807, 2.05) is 11.8 Å². The van der Waals surface area contributed by atoms with Crippen LogP contribution in [0.4, 0.5) is 5.00 Å². The normalized spacial score (nSPS) is 18.2. The quantitative estimate of drug-likeness (QED) is 0.626. The molecule has 2 heterocycles. The average Bonchev–Trinajstić information content (AvgIpc) is 2.99. The minimum atomic E-state index is -0.856. The predicted octanol–water partition coefficient (Wildman–Crippen LogP) is 4.47. The molecule has 28 heavy (non-hydrogen) atoms. The number of fused-ring (bicyclic) bond motifs is 1. The van der Waals surface area contributed by atoms with Gasteiger partial charge >= 0.3 is 11.9 Å². The van der Waals surface area contributed by atoms with Gasteiger partial charge in [-0.1, -0.05) is 19.3 Å². The van der Waals surface area contributed by atoms with Gasteiger partial charge in [0.05, 0.1) is 18.6 Å². The van der Waals surface area contributed by atoms with Gasteiger partial charge in [-0.2, -0.15) is 11.8 Å². The summed E-state index contributed by atoms with van der Waals surface area (Å²) in [4.78, 5) is 37.9. The van der Waals surface area contributed by atoms with E-state index in [0.29, 0.717) is 10.6 Å². The summed E-state index contributed by atoms with van der Waals surface area (Å²) in [5, 5.41) is 12.8. The third kappa shape index (κ3) is 4.89. The second-order valence-corrected chi connectivity index (χ2v) is 9.80. The van der Waals surface area contributed by atoms with Gasteiger partial charge in [0.25, 0.3) is 0 Å². The summed E-state index contributed by atoms with van der Waals surface area (Å²) in [6.07, 6.45) is 5.51. The molecule has 1 aliphatic carbocycles. The molecular formula is C20H27NO5S2. The van der Waals surface area contributed by atoms with Gasteiger partial charge in [-0.15, -0.1) is 11.3 Å². The van der Waals surface area contributed by atoms with Gasteiger partial charge in [0.15, 0.2) is 0 Å². The zero-order valence-corrected chi connectivity index (χ0v) is 17.8. The predicted molar refractivity (Wildman–Crippen MR) is 111 cm³/mol. The maximum atomic E-state index is 12.9. The molecular weight excluding hydrogens is 398 g/mol. The van der Waals surface area contributed by atoms with Crippen LogP contribution in [0.1, 0.15) is 72.7 Å². The molecule has 2 N–H and O–H groups in total. The molecule has 1 saturated carbocycles. The number of carbonyl (C=O) groups excluding carboxylic acids is 2. The summed E-state index contributed by atoms with van der Waals surface area (Å²) in [6, 6.07) is 0. The number of hydrogen-bond donors (Lipinski definition) is 2. The lowest BCUT2D eigenvalue weighted by Crippen LogP contribution is -2.32. The number of amides is 1. The Morgan fingerprint density at radius 3 is 2.61 bits per heavy atom. The highest BCUT2D eigenvalue weighted by molar-refractivity contribution is 7.98. The van der Waals surface area contributed by atoms with Crippen molar-refractivity contribution in [1.29, 1.82) is 0 Å². The highest BCUT2D eigenvalue weighted by Crippen LogP contribution is 2.44. The van der Waals surface area contributed by atoms with Crippen LogP contribution in [0.15, 0.2) is 0 Å². The second-order valence-electron chi connectivity index (χ2n) is 7.59. The molecule has 1 aromatic heterocycles. The fourth-order valence-electron chi connectivity index (χ4n) is 4.29. The molecule has 1 aromatic rings. The summed E-state index contributed by atoms with van der Waals surface area (Å²) >= 11 is 3.27. The maximum Gasteiger partial charge on any atom is 0.341 e. The molecule has 1 amide bonds. The summed E-state index contributed by atoms with van der Waals surface area (Å²) in [6.45, 7) is 2.05. The topological polar surface area (TPSA) is 92.7 Å². The Bertz CT molecular complexity index is 752. The Morgan fingerprint density at radius 2 is 1.93 bits per heavy atom. The number of carboxylic acid groups (broad SMARTS) is 1. The van der Waals surface area contributed by atoms with Crippen LogP contribution in [-0.2, 0) is 26.5 Å². The van der Waals surface area contributed by atoms with Crippen LogP contribution >= 0.6 is 23.1 Å². The van der Waals surface area contributed by atoms with E-state index in [4.69, 9.17) is 4.74 Å². The molecule has 3 rings (SSSR count). The fourth-order valence-corrected chi connectivity index (χ4v) is 6.67. The first kappa shape index (κ1) is 21.2. The first-order chi connectivity index (χ1) is 13.4. The number of carboxylic acids is 1. The molecule has 0 bridgehead atoms. The summed E-state index contributed by atoms with van der Waals surface area (Å²) in [5.41, 5.74) is 1.01. The van der Waals surface area contributed by atoms with E-state index in [9.17, 15) is 19.5 Å². The monoisotopic (exact) mass is 425 g/mol. The molecule has 154 valence electrons. The van der Waals surface area contributed by atoms with E-state index < -0.39 is 11.4 Å². The molecule has 8 heteroatoms. The fraction of sp³-hybridized carbons (Fsp3) is 0.650. The third-order valence-electron chi connectivity index (χ3n) is 5.53. The van der Waals surface area contributed by atoms with Crippen LogP contribution in [0.3, 0.4) is 0 Å². The number of rotatable bonds is 7. The van der Waals surface area contributed by atoms with Crippen molar-refractivity contribution in [3.63, 3.8) is 0 Å². The molecule has 1 aliphatic heterocycles. The van der Waals surface area contributed by atoms with Crippen molar-refractivity contribution < 1.29 is 24.2 Å². The number of nitrogens with one attached hydrogen (secondary N) is 1. The molecule has 0 saturated heterocycles. The van der Waals surface area contributed by atoms with E-state index >= 15 is 0 Å². The van der Waals surface area contributed by atoms with E-state index in [1.165, 1.54) is 11.3 Å². The first-order valence-corrected chi connectivity index (χ1v) is 11.8. The number of esters is 1. The lowest BCUT2D eigenvalue weighted by atomic mass is 9.69. The van der Waals surface area contributed by atoms with Gasteiger partial charge in [0, 0.05) is 17.1 Å². The van der Waals surface area contributed by atoms with Crippen molar-refractivity contribution in [2.24, 2.45) is 5.41 Å². The van der Waals surface area contributed by atoms with Gasteiger partial charge in [-0.3, -0.25) is 9.59 Å². The van der Waals surface area contributed by atoms with Crippen LogP contribution in [0, 0.1) is 5.41 Å². The highest BCUT2D eigenvalue weighted by Gasteiger charge is 2.37. The molecule has 0 atom stereocenters. The van der Waals surface area contributed by atoms with E-state index in [0.717, 1.165) is 60.5 Å². The standard InChI is InChI=1S/C20H27NO5S2/c1-2-26-19(25)17-13-6-9-27-12-14(13)28-18(17)21-15(22)10-20(11-16(23)24)7-4-3-5-8-20/h2-12H2,1H3,(H,21,22)(H,23,24). The van der Waals surface area contributed by atoms with Gasteiger partial charge < -0.3 is 15.2 Å². The van der Waals surface area contributed by atoms with Gasteiger partial charge in [-0.05, 0) is 42.9 Å². The Kier molecular flexibility index (Phi) is 7.04. The Morgan fingerprint density at radius 1 is 1.18 bits per heavy atom. The molecule has 0 aromatic carbocycles. The van der Waals surface area contributed by atoms with Crippen LogP contribution in [0.5, 0.6) is 0 Å². The Hall–Kier alpha value is -1.54. The zero-order chi connectivity index (χ0) is 20.1. The zero-order valence-electron chi connectivity index (χ0n) is 16.2. The lowest BCUT2D eigenvalue weighted by molar-refractivity contribution is -0.140. The molecule has 0 radical (unpaired) electrons. The number of thiophene rings is 1. The van der Waals surface area contributed by atoms with Crippen molar-refractivity contribution in [1.82, 2.24) is 0 Å². The number of hydrogen-bond acceptors (Lipinski definition) is 6. The van der Waals surface area contributed by atoms with Crippen molar-refractivity contribution >= 4 is 45.9 Å². The number of ether oxygens (including phenoxy) is 1. The second kappa shape index (κ2) is 9.31. The first-order valence-electron chi connectivity index (χ1n) is 9.85. The summed E-state index contributed by atoms with van der Waals surface area (Å²) in [5.74, 6) is 0.335. The largest absolute Gasteiger partial charge is 0.481 e. The average molecular weight is 426 g/mol. The van der Waals surface area contributed by atoms with Crippen molar-refractivity contribution in [2.75, 3.05) is 17.7 Å². The van der Waals surface area contributed by atoms with Crippen LogP contribution in [0.2, 0.25) is 0 Å². The highest BCUT2D eigenvalue weighted by atomic mass is 32.2. The summed E-state index contributed by atoms with van der Waals surface area (Å²) < 4.78 is 5.23. The lowest BCUT2D eigenvalue weighted by Gasteiger charge is -2.35. The maximum absolute atomic E-state index is 12.9. The number of thioether (sulfide) groups is 1. The van der Waals surface area contributed by atoms with Crippen molar-refractivity contribution in [3.8, 4) is 0 Å².